The molecule has 0 saturated heterocycles. The number of halogens is 1. The second-order valence-electron chi connectivity index (χ2n) is 7.11. The second kappa shape index (κ2) is 7.39. The van der Waals surface area contributed by atoms with Gasteiger partial charge in [0.1, 0.15) is 5.69 Å². The zero-order valence-corrected chi connectivity index (χ0v) is 15.9. The van der Waals surface area contributed by atoms with Crippen LogP contribution in [0.5, 0.6) is 0 Å². The molecular formula is C19H26ClN3O. The molecule has 130 valence electrons. The van der Waals surface area contributed by atoms with Crippen molar-refractivity contribution in [3.63, 3.8) is 0 Å². The standard InChI is InChI=1S/C19H26ClN3O/c1-6-7-15-16(20)17(23(5)22-15)18(24)21-12-13-8-10-14(11-9-13)19(2,3)4/h8-11H,6-7,12H2,1-5H3,(H,21,24). The van der Waals surface area contributed by atoms with Crippen molar-refractivity contribution in [3.05, 3.63) is 51.8 Å². The third-order valence-electron chi connectivity index (χ3n) is 4.03. The molecular weight excluding hydrogens is 322 g/mol. The maximum absolute atomic E-state index is 12.4. The molecule has 2 rings (SSSR count). The van der Waals surface area contributed by atoms with Crippen molar-refractivity contribution in [2.45, 2.75) is 52.5 Å². The number of benzene rings is 1. The maximum atomic E-state index is 12.4. The molecule has 4 nitrogen and oxygen atoms in total. The molecule has 0 bridgehead atoms. The van der Waals surface area contributed by atoms with Crippen molar-refractivity contribution in [1.82, 2.24) is 15.1 Å². The Morgan fingerprint density at radius 3 is 2.42 bits per heavy atom. The summed E-state index contributed by atoms with van der Waals surface area (Å²) in [5, 5.41) is 7.72. The number of carbonyl (C=O) groups excluding carboxylic acids is 1. The van der Waals surface area contributed by atoms with E-state index in [-0.39, 0.29) is 11.3 Å². The average molecular weight is 348 g/mol. The van der Waals surface area contributed by atoms with E-state index >= 15 is 0 Å². The number of nitrogens with zero attached hydrogens (tertiary/aromatic N) is 2. The van der Waals surface area contributed by atoms with Gasteiger partial charge in [0.2, 0.25) is 0 Å². The summed E-state index contributed by atoms with van der Waals surface area (Å²) in [4.78, 5) is 12.4. The number of hydrogen-bond donors (Lipinski definition) is 1. The van der Waals surface area contributed by atoms with Crippen LogP contribution >= 0.6 is 11.6 Å². The van der Waals surface area contributed by atoms with Gasteiger partial charge >= 0.3 is 0 Å². The van der Waals surface area contributed by atoms with Crippen LogP contribution in [0.25, 0.3) is 0 Å². The van der Waals surface area contributed by atoms with Gasteiger partial charge in [-0.1, -0.05) is 70.0 Å². The van der Waals surface area contributed by atoms with Gasteiger partial charge in [-0.2, -0.15) is 5.10 Å². The first kappa shape index (κ1) is 18.5. The smallest absolute Gasteiger partial charge is 0.271 e. The zero-order chi connectivity index (χ0) is 17.9. The number of nitrogens with one attached hydrogen (secondary N) is 1. The van der Waals surface area contributed by atoms with Crippen LogP contribution in [0.1, 0.15) is 61.4 Å². The predicted molar refractivity (Wildman–Crippen MR) is 98.5 cm³/mol. The Morgan fingerprint density at radius 2 is 1.88 bits per heavy atom. The lowest BCUT2D eigenvalue weighted by molar-refractivity contribution is 0.0941. The SMILES string of the molecule is CCCc1nn(C)c(C(=O)NCc2ccc(C(C)(C)C)cc2)c1Cl. The molecule has 0 aliphatic heterocycles. The topological polar surface area (TPSA) is 46.9 Å². The summed E-state index contributed by atoms with van der Waals surface area (Å²) in [6.45, 7) is 9.08. The minimum atomic E-state index is -0.197. The molecule has 0 saturated carbocycles. The molecule has 0 spiro atoms. The van der Waals surface area contributed by atoms with Crippen molar-refractivity contribution in [3.8, 4) is 0 Å². The van der Waals surface area contributed by atoms with E-state index in [0.717, 1.165) is 24.1 Å². The molecule has 2 aromatic rings. The van der Waals surface area contributed by atoms with Crippen LogP contribution in [0, 0.1) is 0 Å². The average Bonchev–Trinajstić information content (AvgIpc) is 2.79. The molecule has 0 radical (unpaired) electrons. The van der Waals surface area contributed by atoms with Gasteiger partial charge in [-0.15, -0.1) is 0 Å². The van der Waals surface area contributed by atoms with Crippen molar-refractivity contribution in [2.75, 3.05) is 0 Å². The second-order valence-corrected chi connectivity index (χ2v) is 7.49. The van der Waals surface area contributed by atoms with E-state index in [4.69, 9.17) is 11.6 Å². The Morgan fingerprint density at radius 1 is 1.25 bits per heavy atom. The quantitative estimate of drug-likeness (QED) is 0.878. The predicted octanol–water partition coefficient (Wildman–Crippen LogP) is 4.25. The fourth-order valence-electron chi connectivity index (χ4n) is 2.59. The molecule has 0 aliphatic rings. The Balaban J connectivity index is 2.06. The number of aromatic nitrogens is 2. The maximum Gasteiger partial charge on any atom is 0.271 e. The van der Waals surface area contributed by atoms with Gasteiger partial charge in [-0.25, -0.2) is 0 Å². The minimum Gasteiger partial charge on any atom is -0.347 e. The fraction of sp³-hybridized carbons (Fsp3) is 0.474. The Kier molecular flexibility index (Phi) is 5.70. The zero-order valence-electron chi connectivity index (χ0n) is 15.1. The largest absolute Gasteiger partial charge is 0.347 e. The van der Waals surface area contributed by atoms with E-state index in [9.17, 15) is 4.79 Å². The molecule has 0 atom stereocenters. The number of hydrogen-bond acceptors (Lipinski definition) is 2. The minimum absolute atomic E-state index is 0.125. The molecule has 0 fully saturated rings. The van der Waals surface area contributed by atoms with Crippen LogP contribution in [0.3, 0.4) is 0 Å². The third kappa shape index (κ3) is 4.18. The summed E-state index contributed by atoms with van der Waals surface area (Å²) < 4.78 is 1.56. The lowest BCUT2D eigenvalue weighted by Gasteiger charge is -2.19. The molecule has 1 aromatic heterocycles. The lowest BCUT2D eigenvalue weighted by atomic mass is 9.87. The van der Waals surface area contributed by atoms with Crippen LogP contribution in [0.4, 0.5) is 0 Å². The van der Waals surface area contributed by atoms with Gasteiger partial charge < -0.3 is 5.32 Å². The van der Waals surface area contributed by atoms with Gasteiger partial charge in [-0.05, 0) is 23.0 Å². The molecule has 5 heteroatoms. The first-order valence-electron chi connectivity index (χ1n) is 8.33. The monoisotopic (exact) mass is 347 g/mol. The number of carbonyl (C=O) groups is 1. The van der Waals surface area contributed by atoms with Gasteiger partial charge in [0.25, 0.3) is 5.91 Å². The highest BCUT2D eigenvalue weighted by Gasteiger charge is 2.20. The van der Waals surface area contributed by atoms with Crippen molar-refractivity contribution in [1.29, 1.82) is 0 Å². The highest BCUT2D eigenvalue weighted by molar-refractivity contribution is 6.34. The highest BCUT2D eigenvalue weighted by Crippen LogP contribution is 2.23. The summed E-state index contributed by atoms with van der Waals surface area (Å²) in [6, 6.07) is 8.32. The van der Waals surface area contributed by atoms with Gasteiger partial charge in [-0.3, -0.25) is 9.48 Å². The Labute approximate surface area is 149 Å². The van der Waals surface area contributed by atoms with Crippen LogP contribution in [-0.4, -0.2) is 15.7 Å². The van der Waals surface area contributed by atoms with E-state index in [0.29, 0.717) is 17.3 Å². The summed E-state index contributed by atoms with van der Waals surface area (Å²) in [7, 11) is 1.75. The number of amides is 1. The van der Waals surface area contributed by atoms with Crippen LogP contribution < -0.4 is 5.32 Å². The molecule has 24 heavy (non-hydrogen) atoms. The van der Waals surface area contributed by atoms with Gasteiger partial charge in [0.15, 0.2) is 0 Å². The molecule has 0 aliphatic carbocycles. The Bertz CT molecular complexity index is 711. The normalized spacial score (nSPS) is 11.6. The summed E-state index contributed by atoms with van der Waals surface area (Å²) in [5.74, 6) is -0.197. The van der Waals surface area contributed by atoms with Crippen molar-refractivity contribution < 1.29 is 4.79 Å². The first-order chi connectivity index (χ1) is 11.2. The highest BCUT2D eigenvalue weighted by atomic mass is 35.5. The third-order valence-corrected chi connectivity index (χ3v) is 4.43. The van der Waals surface area contributed by atoms with Crippen molar-refractivity contribution >= 4 is 17.5 Å². The summed E-state index contributed by atoms with van der Waals surface area (Å²) >= 11 is 6.31. The summed E-state index contributed by atoms with van der Waals surface area (Å²) in [6.07, 6.45) is 1.71. The number of rotatable bonds is 5. The summed E-state index contributed by atoms with van der Waals surface area (Å²) in [5.41, 5.74) is 3.66. The molecule has 1 amide bonds. The molecule has 1 heterocycles. The van der Waals surface area contributed by atoms with Gasteiger partial charge in [0, 0.05) is 13.6 Å². The van der Waals surface area contributed by atoms with E-state index in [1.165, 1.54) is 5.56 Å². The lowest BCUT2D eigenvalue weighted by Crippen LogP contribution is -2.25. The van der Waals surface area contributed by atoms with Crippen LogP contribution in [-0.2, 0) is 25.4 Å². The van der Waals surface area contributed by atoms with E-state index in [1.807, 2.05) is 12.1 Å². The van der Waals surface area contributed by atoms with Crippen molar-refractivity contribution in [2.24, 2.45) is 7.05 Å². The number of aryl methyl sites for hydroxylation is 2. The molecule has 0 unspecified atom stereocenters. The Hall–Kier alpha value is -1.81. The molecule has 1 aromatic carbocycles. The van der Waals surface area contributed by atoms with E-state index in [1.54, 1.807) is 11.7 Å². The fourth-order valence-corrected chi connectivity index (χ4v) is 2.93. The van der Waals surface area contributed by atoms with E-state index in [2.05, 4.69) is 50.2 Å². The van der Waals surface area contributed by atoms with Crippen LogP contribution in [0.15, 0.2) is 24.3 Å². The first-order valence-corrected chi connectivity index (χ1v) is 8.70. The molecule has 1 N–H and O–H groups in total. The van der Waals surface area contributed by atoms with Gasteiger partial charge in [0.05, 0.1) is 10.7 Å². The van der Waals surface area contributed by atoms with Crippen LogP contribution in [0.2, 0.25) is 5.02 Å². The van der Waals surface area contributed by atoms with E-state index < -0.39 is 0 Å².